The number of ether oxygens (including phenoxy) is 1. The van der Waals surface area contributed by atoms with Crippen molar-refractivity contribution in [2.45, 2.75) is 200 Å². The van der Waals surface area contributed by atoms with Crippen LogP contribution in [-0.4, -0.2) is 250 Å². The molecule has 35 nitrogen and oxygen atoms in total. The number of carboxylic acid groups (broad SMARTS) is 4. The molecule has 99 heavy (non-hydrogen) atoms. The number of aliphatic hydroxyl groups is 1. The second-order valence-electron chi connectivity index (χ2n) is 27.0. The summed E-state index contributed by atoms with van der Waals surface area (Å²) in [5.41, 5.74) is 5.72. The molecule has 2 rings (SSSR count). The first kappa shape index (κ1) is 86.0. The van der Waals surface area contributed by atoms with E-state index >= 15 is 0 Å². The third kappa shape index (κ3) is 28.7. The lowest BCUT2D eigenvalue weighted by molar-refractivity contribution is -0.873. The Bertz CT molecular complexity index is 2970. The van der Waals surface area contributed by atoms with Crippen molar-refractivity contribution in [3.8, 4) is 0 Å². The Morgan fingerprint density at radius 3 is 1.83 bits per heavy atom. The summed E-state index contributed by atoms with van der Waals surface area (Å²) in [6.45, 7) is 13.8. The van der Waals surface area contributed by atoms with E-state index in [1.165, 1.54) is 40.7 Å². The molecule has 16 atom stereocenters. The second kappa shape index (κ2) is 40.7. The molecule has 2 fully saturated rings. The summed E-state index contributed by atoms with van der Waals surface area (Å²) in [7, 11) is 5.00. The van der Waals surface area contributed by atoms with Crippen LogP contribution in [0.15, 0.2) is 24.3 Å². The molecule has 0 spiro atoms. The smallest absolute Gasteiger partial charge is 0.335 e. The van der Waals surface area contributed by atoms with E-state index in [2.05, 4.69) is 49.5 Å². The van der Waals surface area contributed by atoms with E-state index in [1.54, 1.807) is 40.2 Å². The number of likely N-dealkylation sites (N-methyl/N-ethyl adjacent to an activating group) is 1. The summed E-state index contributed by atoms with van der Waals surface area (Å²) in [5, 5.41) is 73.7. The zero-order valence-electron chi connectivity index (χ0n) is 58.5. The van der Waals surface area contributed by atoms with E-state index in [-0.39, 0.29) is 49.8 Å². The van der Waals surface area contributed by atoms with Crippen LogP contribution in [0.25, 0.3) is 0 Å². The minimum atomic E-state index is -2.87. The van der Waals surface area contributed by atoms with Crippen molar-refractivity contribution in [3.05, 3.63) is 24.3 Å². The van der Waals surface area contributed by atoms with E-state index in [9.17, 15) is 102 Å². The SMILES string of the molecule is CCC(C)CC/C=C\C=C\C(=O)N[C@H](C(=O)N[C@@H]1C(=O)N[C@H](C(C)C)C(=O)N[C@@H](CCCCN)C(=O)N[C@@H](C(O)C(=O)O)C(=O)N[C@@H](CC(=O)O)C(=O)NCC(=O)N[C@H](C(C)C(=O)OC(CC(=O)O)C[N+](C)(C)C)C(=O)N[C@@H](C(C)C)C(=O)N2C[C@H](C)C[C@H]2C(=O)NC1C)C(C)C(=O)O. The van der Waals surface area contributed by atoms with Crippen molar-refractivity contribution in [1.82, 2.24) is 58.1 Å². The maximum absolute atomic E-state index is 15.0. The van der Waals surface area contributed by atoms with Crippen LogP contribution in [-0.2, 0) is 81.4 Å². The van der Waals surface area contributed by atoms with Gasteiger partial charge in [0.1, 0.15) is 60.9 Å². The van der Waals surface area contributed by atoms with E-state index in [0.717, 1.165) is 37.7 Å². The molecule has 11 amide bonds. The molecule has 556 valence electrons. The predicted molar refractivity (Wildman–Crippen MR) is 352 cm³/mol. The Hall–Kier alpha value is -9.12. The van der Waals surface area contributed by atoms with Gasteiger partial charge in [-0.05, 0) is 89.5 Å². The summed E-state index contributed by atoms with van der Waals surface area (Å²) in [6, 6.07) is -19.0. The first-order chi connectivity index (χ1) is 46.0. The van der Waals surface area contributed by atoms with Crippen molar-refractivity contribution in [2.75, 3.05) is 47.3 Å². The van der Waals surface area contributed by atoms with Gasteiger partial charge in [-0.3, -0.25) is 71.9 Å². The number of nitrogens with two attached hydrogens (primary N) is 1. The van der Waals surface area contributed by atoms with Crippen LogP contribution in [0, 0.1) is 35.5 Å². The first-order valence-corrected chi connectivity index (χ1v) is 33.0. The lowest BCUT2D eigenvalue weighted by atomic mass is 9.97. The number of nitrogens with zero attached hydrogens (tertiary/aromatic N) is 2. The number of carbonyl (C=O) groups excluding carboxylic acids is 12. The number of carbonyl (C=O) groups is 16. The Morgan fingerprint density at radius 2 is 1.27 bits per heavy atom. The van der Waals surface area contributed by atoms with Crippen LogP contribution in [0.3, 0.4) is 0 Å². The first-order valence-electron chi connectivity index (χ1n) is 33.0. The number of aliphatic hydroxyl groups excluding tert-OH is 1. The fourth-order valence-electron chi connectivity index (χ4n) is 10.6. The maximum atomic E-state index is 15.0. The number of amides is 11. The van der Waals surface area contributed by atoms with Crippen LogP contribution >= 0.6 is 0 Å². The zero-order valence-corrected chi connectivity index (χ0v) is 58.5. The molecular weight excluding hydrogens is 1300 g/mol. The van der Waals surface area contributed by atoms with Gasteiger partial charge in [-0.25, -0.2) is 4.79 Å². The molecule has 0 aromatic rings. The molecule has 0 aliphatic carbocycles. The van der Waals surface area contributed by atoms with Crippen molar-refractivity contribution in [3.63, 3.8) is 0 Å². The number of hydrogen-bond acceptors (Lipinski definition) is 19. The number of quaternary nitrogens is 1. The molecule has 2 heterocycles. The Kier molecular flexibility index (Phi) is 35.3. The highest BCUT2D eigenvalue weighted by atomic mass is 16.5. The van der Waals surface area contributed by atoms with Gasteiger partial charge < -0.3 is 98.6 Å². The highest BCUT2D eigenvalue weighted by molar-refractivity contribution is 6.02. The Morgan fingerprint density at radius 1 is 0.687 bits per heavy atom. The normalized spacial score (nSPS) is 25.1. The fourth-order valence-corrected chi connectivity index (χ4v) is 10.6. The van der Waals surface area contributed by atoms with Crippen LogP contribution in [0.5, 0.6) is 0 Å². The van der Waals surface area contributed by atoms with Gasteiger partial charge in [-0.1, -0.05) is 73.1 Å². The minimum absolute atomic E-state index is 0.0406. The van der Waals surface area contributed by atoms with Crippen LogP contribution < -0.4 is 58.9 Å². The van der Waals surface area contributed by atoms with Crippen molar-refractivity contribution >= 4 is 94.8 Å². The molecule has 6 unspecified atom stereocenters. The number of nitrogens with one attached hydrogen (secondary N) is 10. The summed E-state index contributed by atoms with van der Waals surface area (Å²) in [6.07, 6.45) is 1.93. The quantitative estimate of drug-likeness (QED) is 0.0119. The molecule has 35 heteroatoms. The van der Waals surface area contributed by atoms with Gasteiger partial charge in [0.15, 0.2) is 12.2 Å². The molecular formula is C64H104N13O22+. The van der Waals surface area contributed by atoms with Crippen LogP contribution in [0.4, 0.5) is 0 Å². The van der Waals surface area contributed by atoms with Gasteiger partial charge >= 0.3 is 29.8 Å². The number of unbranched alkanes of at least 4 members (excludes halogenated alkanes) is 1. The number of aliphatic carboxylic acids is 4. The third-order valence-corrected chi connectivity index (χ3v) is 16.6. The molecule has 2 saturated heterocycles. The highest BCUT2D eigenvalue weighted by Crippen LogP contribution is 2.26. The van der Waals surface area contributed by atoms with Crippen LogP contribution in [0.1, 0.15) is 127 Å². The van der Waals surface area contributed by atoms with Gasteiger partial charge in [0.05, 0.1) is 58.4 Å². The summed E-state index contributed by atoms with van der Waals surface area (Å²) >= 11 is 0. The van der Waals surface area contributed by atoms with Crippen molar-refractivity contribution in [2.24, 2.45) is 41.2 Å². The fraction of sp³-hybridized carbons (Fsp3) is 0.688. The van der Waals surface area contributed by atoms with E-state index in [4.69, 9.17) is 10.5 Å². The van der Waals surface area contributed by atoms with E-state index in [0.29, 0.717) is 12.3 Å². The molecule has 2 aliphatic rings. The van der Waals surface area contributed by atoms with Crippen molar-refractivity contribution in [1.29, 1.82) is 0 Å². The van der Waals surface area contributed by atoms with Gasteiger partial charge in [-0.15, -0.1) is 0 Å². The van der Waals surface area contributed by atoms with Gasteiger partial charge in [-0.2, -0.15) is 0 Å². The molecule has 0 radical (unpaired) electrons. The Labute approximate surface area is 575 Å². The molecule has 0 saturated carbocycles. The molecule has 0 aromatic heterocycles. The molecule has 0 bridgehead atoms. The number of rotatable bonds is 28. The van der Waals surface area contributed by atoms with Gasteiger partial charge in [0.25, 0.3) is 0 Å². The number of carboxylic acids is 4. The molecule has 17 N–H and O–H groups in total. The average molecular weight is 1410 g/mol. The summed E-state index contributed by atoms with van der Waals surface area (Å²) in [4.78, 5) is 222. The minimum Gasteiger partial charge on any atom is -0.481 e. The molecule has 0 aromatic carbocycles. The standard InChI is InChI=1S/C64H103N13O22/c1-14-33(6)21-17-15-16-18-23-42(78)70-48(35(8)62(94)95)57(89)74-50-37(10)67-55(87)41-25-34(7)29-76(41)61(93)47(32(4)5)73-58(90)49(36(9)64(98)99-38(26-44(80)81)30-77(11,12)13)71-43(79)28-66-53(85)40(27-45(82)83)69-60(92)51(52(84)63(96)97)75-54(86)39(22-19-20-24-65)68-56(88)46(31(2)3)72-59(50)91/h15-16,18,23,31-41,46-52,84H,14,17,19-22,24-30,65H2,1-13H3,(H13-,66,67,68,69,70,71,72,73,74,75,78,79,80,81,82,83,85,86,87,88,89,90,91,92,94,95,96,97)/p+1/b16-15-,23-18+/t33?,34-,35?,36?,37?,38?,39+,40+,41+,46-,47+,48+,49-,50+,51+,52?/m1/s1. The van der Waals surface area contributed by atoms with Crippen LogP contribution in [0.2, 0.25) is 0 Å². The number of fused-ring (bicyclic) bond motifs is 1. The van der Waals surface area contributed by atoms with E-state index in [1.807, 2.05) is 17.6 Å². The predicted octanol–water partition coefficient (Wildman–Crippen LogP) is -3.51. The zero-order chi connectivity index (χ0) is 75.5. The average Bonchev–Trinajstić information content (AvgIpc) is 1.74. The number of hydrogen-bond donors (Lipinski definition) is 16. The summed E-state index contributed by atoms with van der Waals surface area (Å²) < 4.78 is 5.69. The van der Waals surface area contributed by atoms with Gasteiger partial charge in [0, 0.05) is 12.6 Å². The van der Waals surface area contributed by atoms with E-state index < -0.39 is 216 Å². The Balaban J connectivity index is 3.06. The number of allylic oxidation sites excluding steroid dienone is 3. The monoisotopic (exact) mass is 1410 g/mol. The lowest BCUT2D eigenvalue weighted by Crippen LogP contribution is -2.65. The molecule has 2 aliphatic heterocycles. The second-order valence-corrected chi connectivity index (χ2v) is 27.0. The largest absolute Gasteiger partial charge is 0.481 e. The van der Waals surface area contributed by atoms with Gasteiger partial charge in [0.2, 0.25) is 65.0 Å². The maximum Gasteiger partial charge on any atom is 0.335 e. The third-order valence-electron chi connectivity index (χ3n) is 16.6. The highest BCUT2D eigenvalue weighted by Gasteiger charge is 2.46. The van der Waals surface area contributed by atoms with Crippen molar-refractivity contribution < 1.29 is 111 Å². The number of esters is 1. The lowest BCUT2D eigenvalue weighted by Gasteiger charge is -2.34. The summed E-state index contributed by atoms with van der Waals surface area (Å²) in [5.74, 6) is -26.9. The topological polar surface area (TPSA) is 533 Å².